The van der Waals surface area contributed by atoms with Crippen LogP contribution in [0.1, 0.15) is 79.1 Å². The molecule has 6 saturated heterocycles. The average Bonchev–Trinajstić information content (AvgIpc) is 3.45. The van der Waals surface area contributed by atoms with E-state index in [4.69, 9.17) is 48.0 Å². The highest BCUT2D eigenvalue weighted by Crippen LogP contribution is 2.63. The van der Waals surface area contributed by atoms with Gasteiger partial charge in [-0.1, -0.05) is 26.0 Å². The Bertz CT molecular complexity index is 1390. The minimum Gasteiger partial charge on any atom is -0.456 e. The highest BCUT2D eigenvalue weighted by molar-refractivity contribution is 5.30. The van der Waals surface area contributed by atoms with Gasteiger partial charge in [-0.15, -0.1) is 0 Å². The zero-order valence-electron chi connectivity index (χ0n) is 29.6. The summed E-state index contributed by atoms with van der Waals surface area (Å²) in [6, 6.07) is 0. The smallest absolute Gasteiger partial charge is 0.449 e. The Hall–Kier alpha value is -1.92. The van der Waals surface area contributed by atoms with Crippen LogP contribution in [0.5, 0.6) is 0 Å². The third-order valence-corrected chi connectivity index (χ3v) is 12.9. The molecular weight excluding hydrogens is 706 g/mol. The molecule has 52 heavy (non-hydrogen) atoms. The molecule has 16 heteroatoms. The lowest BCUT2D eigenvalue weighted by Crippen LogP contribution is -2.67. The van der Waals surface area contributed by atoms with E-state index in [9.17, 15) is 26.3 Å². The first-order valence-electron chi connectivity index (χ1n) is 18.3. The number of hydrogen-bond acceptors (Lipinski definition) is 10. The van der Waals surface area contributed by atoms with E-state index in [0.717, 1.165) is 0 Å². The fraction of sp³-hybridized carbons (Fsp3) is 0.833. The second kappa shape index (κ2) is 12.8. The Balaban J connectivity index is 0.939. The summed E-state index contributed by atoms with van der Waals surface area (Å²) >= 11 is 0. The number of halogens is 6. The molecule has 4 bridgehead atoms. The molecule has 0 amide bonds. The fourth-order valence-electron chi connectivity index (χ4n) is 10.4. The van der Waals surface area contributed by atoms with E-state index in [1.807, 2.05) is 0 Å². The topological polar surface area (TPSA) is 92.3 Å². The third-order valence-electron chi connectivity index (χ3n) is 12.9. The Labute approximate surface area is 297 Å². The maximum Gasteiger partial charge on any atom is 0.449 e. The number of fused-ring (bicyclic) bond motifs is 4. The molecule has 2 aliphatic carbocycles. The van der Waals surface area contributed by atoms with Crippen LogP contribution in [0.3, 0.4) is 0 Å². The highest BCUT2D eigenvalue weighted by atomic mass is 19.4. The van der Waals surface area contributed by atoms with E-state index in [0.29, 0.717) is 51.4 Å². The summed E-state index contributed by atoms with van der Waals surface area (Å²) in [5.74, 6) is -6.10. The van der Waals surface area contributed by atoms with Crippen molar-refractivity contribution >= 4 is 0 Å². The second-order valence-electron chi connectivity index (χ2n) is 16.2. The molecule has 0 radical (unpaired) electrons. The van der Waals surface area contributed by atoms with E-state index in [1.165, 1.54) is 0 Å². The summed E-state index contributed by atoms with van der Waals surface area (Å²) in [4.78, 5) is 23.4. The highest BCUT2D eigenvalue weighted by Gasteiger charge is 2.72. The molecule has 8 heterocycles. The molecule has 0 aromatic rings. The first-order valence-corrected chi connectivity index (χ1v) is 18.3. The lowest BCUT2D eigenvalue weighted by Gasteiger charge is -2.57. The first-order chi connectivity index (χ1) is 24.5. The van der Waals surface area contributed by atoms with Gasteiger partial charge in [0.1, 0.15) is 0 Å². The second-order valence-corrected chi connectivity index (χ2v) is 16.2. The maximum absolute atomic E-state index is 14.4. The van der Waals surface area contributed by atoms with Crippen LogP contribution >= 0.6 is 0 Å². The molecule has 0 aromatic carbocycles. The summed E-state index contributed by atoms with van der Waals surface area (Å²) in [7, 11) is 0. The molecule has 8 aliphatic heterocycles. The van der Waals surface area contributed by atoms with Crippen molar-refractivity contribution in [1.82, 2.24) is 0 Å². The number of hydrogen-bond donors (Lipinski definition) is 0. The van der Waals surface area contributed by atoms with Gasteiger partial charge in [0.2, 0.25) is 35.7 Å². The van der Waals surface area contributed by atoms with Crippen LogP contribution in [0.4, 0.5) is 26.3 Å². The molecule has 2 spiro atoms. The number of alkyl halides is 6. The van der Waals surface area contributed by atoms with Crippen molar-refractivity contribution in [2.45, 2.75) is 127 Å². The summed E-state index contributed by atoms with van der Waals surface area (Å²) in [5.41, 5.74) is -2.60. The Morgan fingerprint density at radius 3 is 1.40 bits per heavy atom. The molecule has 292 valence electrons. The van der Waals surface area contributed by atoms with Crippen LogP contribution in [0.15, 0.2) is 34.8 Å². The monoisotopic (exact) mass is 752 g/mol. The van der Waals surface area contributed by atoms with E-state index >= 15 is 0 Å². The van der Waals surface area contributed by atoms with Crippen LogP contribution in [-0.4, -0.2) is 74.1 Å². The van der Waals surface area contributed by atoms with Crippen LogP contribution in [0, 0.1) is 35.5 Å². The quantitative estimate of drug-likeness (QED) is 0.106. The van der Waals surface area contributed by atoms with Crippen molar-refractivity contribution < 1.29 is 74.3 Å². The summed E-state index contributed by atoms with van der Waals surface area (Å²) < 4.78 is 121. The van der Waals surface area contributed by atoms with Crippen molar-refractivity contribution in [3.8, 4) is 0 Å². The third kappa shape index (κ3) is 5.84. The van der Waals surface area contributed by atoms with E-state index < -0.39 is 71.1 Å². The van der Waals surface area contributed by atoms with Gasteiger partial charge >= 0.3 is 12.4 Å². The SMILES string of the molecule is C[C@@H]1CC[C@H]2C(COC/C=C/COCC3=C(C(F)(F)F)O[C@@H]4OC5(C)CC[C@H]6[C@H](C)CC[C@@H]3[C@@]46OO5)=C(C(F)(F)F)O[C@@H]3OC4(C)CC[C@@H]1[C@]32OO4. The summed E-state index contributed by atoms with van der Waals surface area (Å²) in [6.07, 6.45) is -4.64. The zero-order chi connectivity index (χ0) is 36.9. The van der Waals surface area contributed by atoms with Crippen molar-refractivity contribution in [3.63, 3.8) is 0 Å². The molecule has 10 rings (SSSR count). The molecular formula is C36H46F6O10. The van der Waals surface area contributed by atoms with Crippen LogP contribution in [-0.2, 0) is 48.0 Å². The fourth-order valence-corrected chi connectivity index (χ4v) is 10.4. The summed E-state index contributed by atoms with van der Waals surface area (Å²) in [5, 5.41) is 0. The van der Waals surface area contributed by atoms with Gasteiger partial charge in [-0.05, 0) is 64.2 Å². The van der Waals surface area contributed by atoms with Crippen molar-refractivity contribution in [1.29, 1.82) is 0 Å². The Morgan fingerprint density at radius 1 is 0.615 bits per heavy atom. The van der Waals surface area contributed by atoms with Crippen LogP contribution in [0.25, 0.3) is 0 Å². The van der Waals surface area contributed by atoms with Gasteiger partial charge in [0, 0.05) is 47.7 Å². The Kier molecular flexibility index (Phi) is 9.13. The van der Waals surface area contributed by atoms with Gasteiger partial charge in [-0.25, -0.2) is 19.6 Å². The van der Waals surface area contributed by atoms with Crippen molar-refractivity contribution in [3.05, 3.63) is 34.8 Å². The van der Waals surface area contributed by atoms with Crippen LogP contribution in [0.2, 0.25) is 0 Å². The predicted octanol–water partition coefficient (Wildman–Crippen LogP) is 7.70. The molecule has 12 atom stereocenters. The van der Waals surface area contributed by atoms with Gasteiger partial charge in [0.25, 0.3) is 0 Å². The molecule has 10 nitrogen and oxygen atoms in total. The maximum atomic E-state index is 14.4. The van der Waals surface area contributed by atoms with Gasteiger partial charge in [-0.3, -0.25) is 0 Å². The molecule has 2 unspecified atom stereocenters. The lowest BCUT2D eigenvalue weighted by molar-refractivity contribution is -0.558. The minimum absolute atomic E-state index is 0.0542. The summed E-state index contributed by atoms with van der Waals surface area (Å²) in [6.45, 7) is 6.48. The largest absolute Gasteiger partial charge is 0.456 e. The van der Waals surface area contributed by atoms with Crippen molar-refractivity contribution in [2.24, 2.45) is 35.5 Å². The standard InChI is InChI=1S/C36H46F6O10/c1-19-7-9-25-21(27(35(37,38)39)45-29-33(25)23(19)11-13-31(3,47-29)49-51-33)17-43-15-5-6-16-44-18-22-26-10-8-20(2)24-12-14-32(4)48-30(34(24,26)52-50-32)46-28(22)36(40,41)42/h5-6,19-20,23-26,29-30H,7-18H2,1-4H3/b6-5+/t19-,20-,23+,24+,25+,26+,29-,30-,31?,32?,33-,34-/m1/s1. The van der Waals surface area contributed by atoms with Gasteiger partial charge in [0.05, 0.1) is 26.4 Å². The molecule has 8 fully saturated rings. The van der Waals surface area contributed by atoms with E-state index in [2.05, 4.69) is 13.8 Å². The Morgan fingerprint density at radius 2 is 1.02 bits per heavy atom. The number of rotatable bonds is 8. The zero-order valence-corrected chi connectivity index (χ0v) is 29.6. The van der Waals surface area contributed by atoms with Gasteiger partial charge in [0.15, 0.2) is 11.2 Å². The average molecular weight is 753 g/mol. The minimum atomic E-state index is -4.79. The molecule has 0 aromatic heterocycles. The van der Waals surface area contributed by atoms with Crippen molar-refractivity contribution in [2.75, 3.05) is 26.4 Å². The van der Waals surface area contributed by atoms with Gasteiger partial charge in [-0.2, -0.15) is 26.3 Å². The predicted molar refractivity (Wildman–Crippen MR) is 165 cm³/mol. The first kappa shape index (κ1) is 37.0. The number of ether oxygens (including phenoxy) is 6. The molecule has 10 aliphatic rings. The van der Waals surface area contributed by atoms with Crippen LogP contribution < -0.4 is 0 Å². The van der Waals surface area contributed by atoms with E-state index in [-0.39, 0.29) is 61.2 Å². The van der Waals surface area contributed by atoms with E-state index in [1.54, 1.807) is 26.0 Å². The van der Waals surface area contributed by atoms with Gasteiger partial charge < -0.3 is 28.4 Å². The molecule has 2 saturated carbocycles. The lowest BCUT2D eigenvalue weighted by atomic mass is 9.59. The number of allylic oxidation sites excluding steroid dienone is 2. The molecule has 0 N–H and O–H groups in total. The normalized spacial score (nSPS) is 45.7.